The van der Waals surface area contributed by atoms with Crippen molar-refractivity contribution in [2.24, 2.45) is 0 Å². The fourth-order valence-electron chi connectivity index (χ4n) is 2.91. The summed E-state index contributed by atoms with van der Waals surface area (Å²) in [6.45, 7) is 0. The topological polar surface area (TPSA) is 25.8 Å². The van der Waals surface area contributed by atoms with Crippen LogP contribution >= 0.6 is 85.3 Å². The lowest BCUT2D eigenvalue weighted by molar-refractivity contribution is 0.944. The zero-order valence-electron chi connectivity index (χ0n) is 12.7. The first-order chi connectivity index (χ1) is 12.3. The number of nitrogens with zero attached hydrogens (tertiary/aromatic N) is 2. The minimum atomic E-state index is -0.967. The van der Waals surface area contributed by atoms with E-state index in [0.29, 0.717) is 15.1 Å². The summed E-state index contributed by atoms with van der Waals surface area (Å²) >= 11 is 36.2. The normalized spacial score (nSPS) is 21.0. The predicted molar refractivity (Wildman–Crippen MR) is 114 cm³/mol. The molecule has 2 nitrogen and oxygen atoms in total. The van der Waals surface area contributed by atoms with E-state index in [9.17, 15) is 0 Å². The van der Waals surface area contributed by atoms with Crippen LogP contribution in [0, 0.1) is 0 Å². The molecule has 26 heavy (non-hydrogen) atoms. The molecule has 9 heteroatoms. The molecule has 1 heterocycles. The Labute approximate surface area is 187 Å². The van der Waals surface area contributed by atoms with Gasteiger partial charge in [0.1, 0.15) is 14.3 Å². The maximum absolute atomic E-state index is 6.54. The third kappa shape index (κ3) is 3.50. The first-order valence-electron chi connectivity index (χ1n) is 7.40. The van der Waals surface area contributed by atoms with Crippen molar-refractivity contribution < 1.29 is 0 Å². The standard InChI is InChI=1S/C17H8BrCl5N2S/c18-11-5-7(1-2-12(11)21)15-24-25-16(26-15)14-13(17(14,22)23)8-3-9(19)6-10(20)4-8/h1-6,13-14H. The van der Waals surface area contributed by atoms with Crippen LogP contribution in [0.25, 0.3) is 10.6 Å². The van der Waals surface area contributed by atoms with Crippen molar-refractivity contribution in [3.05, 3.63) is 66.5 Å². The van der Waals surface area contributed by atoms with Crippen molar-refractivity contribution in [1.82, 2.24) is 10.2 Å². The van der Waals surface area contributed by atoms with E-state index in [0.717, 1.165) is 25.6 Å². The predicted octanol–water partition coefficient (Wildman–Crippen LogP) is 7.98. The van der Waals surface area contributed by atoms with Crippen LogP contribution in [0.1, 0.15) is 22.4 Å². The highest BCUT2D eigenvalue weighted by Gasteiger charge is 2.66. The molecular weight excluding hydrogens is 521 g/mol. The van der Waals surface area contributed by atoms with E-state index in [-0.39, 0.29) is 11.8 Å². The molecule has 2 atom stereocenters. The molecule has 0 spiro atoms. The van der Waals surface area contributed by atoms with Crippen molar-refractivity contribution in [2.75, 3.05) is 0 Å². The van der Waals surface area contributed by atoms with Gasteiger partial charge in [-0.1, -0.05) is 52.2 Å². The average Bonchev–Trinajstić information content (AvgIpc) is 2.91. The van der Waals surface area contributed by atoms with E-state index in [2.05, 4.69) is 26.1 Å². The van der Waals surface area contributed by atoms with Gasteiger partial charge in [0.2, 0.25) is 0 Å². The molecule has 0 aliphatic heterocycles. The van der Waals surface area contributed by atoms with Gasteiger partial charge in [0.25, 0.3) is 0 Å². The number of alkyl halides is 2. The zero-order valence-corrected chi connectivity index (χ0v) is 18.9. The highest BCUT2D eigenvalue weighted by molar-refractivity contribution is 9.10. The number of aromatic nitrogens is 2. The Kier molecular flexibility index (Phi) is 5.24. The minimum Gasteiger partial charge on any atom is -0.143 e. The Morgan fingerprint density at radius 3 is 2.27 bits per heavy atom. The Hall–Kier alpha value is -0.0700. The van der Waals surface area contributed by atoms with Gasteiger partial charge in [0, 0.05) is 26.0 Å². The van der Waals surface area contributed by atoms with Gasteiger partial charge in [-0.2, -0.15) is 0 Å². The molecule has 1 fully saturated rings. The van der Waals surface area contributed by atoms with E-state index >= 15 is 0 Å². The third-order valence-corrected chi connectivity index (χ3v) is 7.82. The first kappa shape index (κ1) is 19.3. The molecule has 0 radical (unpaired) electrons. The van der Waals surface area contributed by atoms with Crippen molar-refractivity contribution in [3.63, 3.8) is 0 Å². The van der Waals surface area contributed by atoms with Crippen LogP contribution in [-0.4, -0.2) is 14.5 Å². The minimum absolute atomic E-state index is 0.139. The van der Waals surface area contributed by atoms with Gasteiger partial charge in [-0.3, -0.25) is 0 Å². The fraction of sp³-hybridized carbons (Fsp3) is 0.176. The summed E-state index contributed by atoms with van der Waals surface area (Å²) in [6.07, 6.45) is 0. The maximum Gasteiger partial charge on any atom is 0.147 e. The largest absolute Gasteiger partial charge is 0.147 e. The van der Waals surface area contributed by atoms with Crippen molar-refractivity contribution in [1.29, 1.82) is 0 Å². The lowest BCUT2D eigenvalue weighted by Gasteiger charge is -2.02. The summed E-state index contributed by atoms with van der Waals surface area (Å²) in [7, 11) is 0. The second-order valence-corrected chi connectivity index (χ2v) is 10.5. The molecule has 1 aliphatic carbocycles. The number of hydrogen-bond acceptors (Lipinski definition) is 3. The monoisotopic (exact) mass is 526 g/mol. The number of rotatable bonds is 3. The lowest BCUT2D eigenvalue weighted by Crippen LogP contribution is -1.90. The summed E-state index contributed by atoms with van der Waals surface area (Å²) < 4.78 is -0.166. The van der Waals surface area contributed by atoms with Gasteiger partial charge in [-0.05, 0) is 51.8 Å². The molecule has 2 unspecified atom stereocenters. The van der Waals surface area contributed by atoms with Gasteiger partial charge in [-0.25, -0.2) is 0 Å². The molecule has 1 saturated carbocycles. The van der Waals surface area contributed by atoms with Crippen LogP contribution in [0.4, 0.5) is 0 Å². The number of benzene rings is 2. The highest BCUT2D eigenvalue weighted by Crippen LogP contribution is 2.70. The molecule has 3 aromatic rings. The summed E-state index contributed by atoms with van der Waals surface area (Å²) in [6, 6.07) is 10.9. The van der Waals surface area contributed by atoms with Gasteiger partial charge in [0.05, 0.1) is 10.9 Å². The molecule has 134 valence electrons. The molecule has 0 saturated heterocycles. The van der Waals surface area contributed by atoms with E-state index in [1.165, 1.54) is 11.3 Å². The van der Waals surface area contributed by atoms with Crippen LogP contribution < -0.4 is 0 Å². The van der Waals surface area contributed by atoms with Gasteiger partial charge >= 0.3 is 0 Å². The van der Waals surface area contributed by atoms with E-state index < -0.39 is 4.33 Å². The van der Waals surface area contributed by atoms with Gasteiger partial charge < -0.3 is 0 Å². The summed E-state index contributed by atoms with van der Waals surface area (Å²) in [5.41, 5.74) is 1.81. The third-order valence-electron chi connectivity index (χ3n) is 4.17. The smallest absolute Gasteiger partial charge is 0.143 e. The van der Waals surface area contributed by atoms with Crippen molar-refractivity contribution >= 4 is 85.3 Å². The summed E-state index contributed by atoms with van der Waals surface area (Å²) in [4.78, 5) is 0. The van der Waals surface area contributed by atoms with E-state index in [4.69, 9.17) is 58.0 Å². The summed E-state index contributed by atoms with van der Waals surface area (Å²) in [5, 5.41) is 11.9. The number of halogens is 6. The fourth-order valence-corrected chi connectivity index (χ4v) is 5.97. The Bertz CT molecular complexity index is 986. The first-order valence-corrected chi connectivity index (χ1v) is 10.9. The molecule has 1 aromatic heterocycles. The SMILES string of the molecule is Clc1cc(Cl)cc(C2C(c3nnc(-c4ccc(Cl)c(Br)c4)s3)C2(Cl)Cl)c1. The second kappa shape index (κ2) is 7.07. The van der Waals surface area contributed by atoms with E-state index in [1.807, 2.05) is 30.3 Å². The molecule has 0 N–H and O–H groups in total. The molecule has 2 aromatic carbocycles. The number of hydrogen-bond donors (Lipinski definition) is 0. The van der Waals surface area contributed by atoms with E-state index in [1.54, 1.807) is 6.07 Å². The molecule has 1 aliphatic rings. The quantitative estimate of drug-likeness (QED) is 0.322. The van der Waals surface area contributed by atoms with Gasteiger partial charge in [-0.15, -0.1) is 33.4 Å². The van der Waals surface area contributed by atoms with Crippen LogP contribution in [0.5, 0.6) is 0 Å². The highest BCUT2D eigenvalue weighted by atomic mass is 79.9. The average molecular weight is 530 g/mol. The Balaban J connectivity index is 1.66. The van der Waals surface area contributed by atoms with Crippen molar-refractivity contribution in [3.8, 4) is 10.6 Å². The lowest BCUT2D eigenvalue weighted by atomic mass is 10.1. The second-order valence-electron chi connectivity index (χ2n) is 5.91. The van der Waals surface area contributed by atoms with Crippen LogP contribution in [0.3, 0.4) is 0 Å². The Morgan fingerprint density at radius 1 is 0.923 bits per heavy atom. The molecular formula is C17H8BrCl5N2S. The zero-order chi connectivity index (χ0) is 18.6. The molecule has 0 bridgehead atoms. The summed E-state index contributed by atoms with van der Waals surface area (Å²) in [5.74, 6) is -0.304. The van der Waals surface area contributed by atoms with Crippen LogP contribution in [0.2, 0.25) is 15.1 Å². The van der Waals surface area contributed by atoms with Crippen LogP contribution in [-0.2, 0) is 0 Å². The Morgan fingerprint density at radius 2 is 1.62 bits per heavy atom. The van der Waals surface area contributed by atoms with Crippen LogP contribution in [0.15, 0.2) is 40.9 Å². The van der Waals surface area contributed by atoms with Gasteiger partial charge in [0.15, 0.2) is 0 Å². The molecule has 4 rings (SSSR count). The van der Waals surface area contributed by atoms with Crippen molar-refractivity contribution in [2.45, 2.75) is 16.2 Å². The molecule has 0 amide bonds. The maximum atomic E-state index is 6.54.